The van der Waals surface area contributed by atoms with Gasteiger partial charge in [-0.2, -0.15) is 0 Å². The maximum absolute atomic E-state index is 12.6. The zero-order valence-electron chi connectivity index (χ0n) is 10.7. The standard InChI is InChI=1S/C14H21NO2/c1-3-14(4-2,15-9-5-6-10-15)13(16)12-8-7-11-17-12/h7-8,11H,3-6,9-10H2,1-2H3. The minimum absolute atomic E-state index is 0.148. The molecule has 1 aliphatic heterocycles. The van der Waals surface area contributed by atoms with Crippen LogP contribution in [0, 0.1) is 0 Å². The molecule has 0 saturated carbocycles. The lowest BCUT2D eigenvalue weighted by Crippen LogP contribution is -2.52. The molecule has 1 aliphatic rings. The van der Waals surface area contributed by atoms with Crippen LogP contribution in [0.25, 0.3) is 0 Å². The average molecular weight is 235 g/mol. The summed E-state index contributed by atoms with van der Waals surface area (Å²) >= 11 is 0. The fourth-order valence-electron chi connectivity index (χ4n) is 2.94. The minimum Gasteiger partial charge on any atom is -0.461 e. The van der Waals surface area contributed by atoms with Crippen molar-refractivity contribution >= 4 is 5.78 Å². The first-order valence-electron chi connectivity index (χ1n) is 6.58. The molecule has 0 N–H and O–H groups in total. The largest absolute Gasteiger partial charge is 0.461 e. The molecule has 0 atom stereocenters. The lowest BCUT2D eigenvalue weighted by atomic mass is 9.85. The van der Waals surface area contributed by atoms with Crippen molar-refractivity contribution in [2.45, 2.75) is 45.1 Å². The van der Waals surface area contributed by atoms with Gasteiger partial charge in [0.15, 0.2) is 5.76 Å². The summed E-state index contributed by atoms with van der Waals surface area (Å²) in [5, 5.41) is 0. The number of hydrogen-bond donors (Lipinski definition) is 0. The summed E-state index contributed by atoms with van der Waals surface area (Å²) in [6.07, 6.45) is 5.68. The van der Waals surface area contributed by atoms with Crippen molar-refractivity contribution in [2.75, 3.05) is 13.1 Å². The van der Waals surface area contributed by atoms with Crippen molar-refractivity contribution in [3.05, 3.63) is 24.2 Å². The predicted molar refractivity (Wildman–Crippen MR) is 67.2 cm³/mol. The number of carbonyl (C=O) groups excluding carboxylic acids is 1. The van der Waals surface area contributed by atoms with Gasteiger partial charge in [0.1, 0.15) is 0 Å². The molecule has 0 aliphatic carbocycles. The molecule has 0 aromatic carbocycles. The van der Waals surface area contributed by atoms with Crippen LogP contribution in [0.15, 0.2) is 22.8 Å². The first-order chi connectivity index (χ1) is 8.24. The van der Waals surface area contributed by atoms with Crippen LogP contribution in [0.4, 0.5) is 0 Å². The van der Waals surface area contributed by atoms with E-state index in [1.165, 1.54) is 12.8 Å². The van der Waals surface area contributed by atoms with Crippen LogP contribution in [0.1, 0.15) is 50.1 Å². The summed E-state index contributed by atoms with van der Waals surface area (Å²) < 4.78 is 5.29. The minimum atomic E-state index is -0.353. The number of furan rings is 1. The normalized spacial score (nSPS) is 17.5. The van der Waals surface area contributed by atoms with E-state index in [0.717, 1.165) is 25.9 Å². The van der Waals surface area contributed by atoms with Crippen LogP contribution in [0.5, 0.6) is 0 Å². The van der Waals surface area contributed by atoms with Gasteiger partial charge < -0.3 is 4.42 Å². The number of ketones is 1. The highest BCUT2D eigenvalue weighted by Gasteiger charge is 2.43. The fourth-order valence-corrected chi connectivity index (χ4v) is 2.94. The molecule has 17 heavy (non-hydrogen) atoms. The van der Waals surface area contributed by atoms with E-state index in [4.69, 9.17) is 4.42 Å². The highest BCUT2D eigenvalue weighted by atomic mass is 16.3. The first kappa shape index (κ1) is 12.4. The number of likely N-dealkylation sites (tertiary alicyclic amines) is 1. The molecule has 0 bridgehead atoms. The van der Waals surface area contributed by atoms with Gasteiger partial charge in [0.05, 0.1) is 11.8 Å². The Morgan fingerprint density at radius 1 is 1.35 bits per heavy atom. The molecule has 1 fully saturated rings. The molecule has 2 rings (SSSR count). The number of nitrogens with zero attached hydrogens (tertiary/aromatic N) is 1. The Morgan fingerprint density at radius 2 is 2.00 bits per heavy atom. The van der Waals surface area contributed by atoms with Crippen LogP contribution in [0.2, 0.25) is 0 Å². The molecule has 3 nitrogen and oxygen atoms in total. The molecular weight excluding hydrogens is 214 g/mol. The van der Waals surface area contributed by atoms with Crippen molar-refractivity contribution in [1.82, 2.24) is 4.90 Å². The fraction of sp³-hybridized carbons (Fsp3) is 0.643. The Morgan fingerprint density at radius 3 is 2.47 bits per heavy atom. The molecule has 0 spiro atoms. The van der Waals surface area contributed by atoms with E-state index in [1.807, 2.05) is 0 Å². The van der Waals surface area contributed by atoms with Gasteiger partial charge in [0.2, 0.25) is 5.78 Å². The van der Waals surface area contributed by atoms with Gasteiger partial charge in [-0.05, 0) is 50.9 Å². The SMILES string of the molecule is CCC(CC)(C(=O)c1ccco1)N1CCCC1. The maximum Gasteiger partial charge on any atom is 0.218 e. The summed E-state index contributed by atoms with van der Waals surface area (Å²) in [6, 6.07) is 3.56. The van der Waals surface area contributed by atoms with Crippen LogP contribution in [-0.4, -0.2) is 29.3 Å². The Bertz CT molecular complexity index is 360. The lowest BCUT2D eigenvalue weighted by Gasteiger charge is -2.38. The van der Waals surface area contributed by atoms with Crippen molar-refractivity contribution in [3.63, 3.8) is 0 Å². The zero-order valence-corrected chi connectivity index (χ0v) is 10.7. The van der Waals surface area contributed by atoms with Gasteiger partial charge in [0, 0.05) is 0 Å². The van der Waals surface area contributed by atoms with Crippen LogP contribution in [-0.2, 0) is 0 Å². The van der Waals surface area contributed by atoms with Crippen LogP contribution in [0.3, 0.4) is 0 Å². The van der Waals surface area contributed by atoms with Crippen LogP contribution < -0.4 is 0 Å². The summed E-state index contributed by atoms with van der Waals surface area (Å²) in [6.45, 7) is 6.27. The second kappa shape index (κ2) is 5.05. The highest BCUT2D eigenvalue weighted by molar-refractivity contribution is 6.01. The molecule has 0 unspecified atom stereocenters. The highest BCUT2D eigenvalue weighted by Crippen LogP contribution is 2.31. The number of rotatable bonds is 5. The van der Waals surface area contributed by atoms with E-state index in [9.17, 15) is 4.79 Å². The monoisotopic (exact) mass is 235 g/mol. The van der Waals surface area contributed by atoms with Crippen molar-refractivity contribution in [2.24, 2.45) is 0 Å². The molecule has 0 radical (unpaired) electrons. The Balaban J connectivity index is 2.29. The topological polar surface area (TPSA) is 33.5 Å². The summed E-state index contributed by atoms with van der Waals surface area (Å²) in [7, 11) is 0. The van der Waals surface area contributed by atoms with Gasteiger partial charge in [-0.1, -0.05) is 13.8 Å². The molecule has 94 valence electrons. The number of hydrogen-bond acceptors (Lipinski definition) is 3. The van der Waals surface area contributed by atoms with Crippen molar-refractivity contribution in [3.8, 4) is 0 Å². The molecule has 1 aromatic rings. The second-order valence-electron chi connectivity index (χ2n) is 4.74. The molecule has 1 aromatic heterocycles. The molecule has 1 saturated heterocycles. The summed E-state index contributed by atoms with van der Waals surface area (Å²) in [5.74, 6) is 0.648. The third-order valence-corrected chi connectivity index (χ3v) is 4.05. The van der Waals surface area contributed by atoms with E-state index in [2.05, 4.69) is 18.7 Å². The van der Waals surface area contributed by atoms with Gasteiger partial charge in [0.25, 0.3) is 0 Å². The van der Waals surface area contributed by atoms with Crippen molar-refractivity contribution < 1.29 is 9.21 Å². The van der Waals surface area contributed by atoms with Gasteiger partial charge in [-0.15, -0.1) is 0 Å². The quantitative estimate of drug-likeness (QED) is 0.735. The van der Waals surface area contributed by atoms with E-state index in [0.29, 0.717) is 5.76 Å². The Labute approximate surface area is 103 Å². The first-order valence-corrected chi connectivity index (χ1v) is 6.58. The third kappa shape index (κ3) is 2.04. The van der Waals surface area contributed by atoms with Gasteiger partial charge in [-0.3, -0.25) is 9.69 Å². The smallest absolute Gasteiger partial charge is 0.218 e. The lowest BCUT2D eigenvalue weighted by molar-refractivity contribution is 0.0552. The summed E-state index contributed by atoms with van der Waals surface area (Å²) in [5.41, 5.74) is -0.353. The second-order valence-corrected chi connectivity index (χ2v) is 4.74. The van der Waals surface area contributed by atoms with E-state index in [-0.39, 0.29) is 11.3 Å². The van der Waals surface area contributed by atoms with Gasteiger partial charge >= 0.3 is 0 Å². The van der Waals surface area contributed by atoms with Crippen molar-refractivity contribution in [1.29, 1.82) is 0 Å². The maximum atomic E-state index is 12.6. The molecule has 0 amide bonds. The van der Waals surface area contributed by atoms with E-state index in [1.54, 1.807) is 18.4 Å². The number of carbonyl (C=O) groups is 1. The van der Waals surface area contributed by atoms with Crippen LogP contribution >= 0.6 is 0 Å². The third-order valence-electron chi connectivity index (χ3n) is 4.05. The van der Waals surface area contributed by atoms with Gasteiger partial charge in [-0.25, -0.2) is 0 Å². The molecular formula is C14H21NO2. The average Bonchev–Trinajstić information content (AvgIpc) is 3.04. The summed E-state index contributed by atoms with van der Waals surface area (Å²) in [4.78, 5) is 15.0. The van der Waals surface area contributed by atoms with E-state index >= 15 is 0 Å². The Hall–Kier alpha value is -1.09. The van der Waals surface area contributed by atoms with E-state index < -0.39 is 0 Å². The molecule has 3 heteroatoms. The zero-order chi connectivity index (χ0) is 12.3. The number of Topliss-reactive ketones (excluding diaryl/α,β-unsaturated/α-hetero) is 1. The molecule has 2 heterocycles. The predicted octanol–water partition coefficient (Wildman–Crippen LogP) is 3.12. The Kier molecular flexibility index (Phi) is 3.67.